The first-order valence-corrected chi connectivity index (χ1v) is 10.3. The van der Waals surface area contributed by atoms with Gasteiger partial charge in [0.25, 0.3) is 5.91 Å². The lowest BCUT2D eigenvalue weighted by atomic mass is 9.85. The topological polar surface area (TPSA) is 76.5 Å². The van der Waals surface area contributed by atoms with Crippen LogP contribution in [-0.2, 0) is 6.54 Å². The fourth-order valence-electron chi connectivity index (χ4n) is 3.74. The van der Waals surface area contributed by atoms with E-state index in [0.29, 0.717) is 18.0 Å². The summed E-state index contributed by atoms with van der Waals surface area (Å²) in [6.07, 6.45) is 7.23. The molecule has 1 atom stereocenters. The Morgan fingerprint density at radius 3 is 2.76 bits per heavy atom. The number of carbonyl (C=O) groups is 1. The molecule has 1 aromatic carbocycles. The minimum Gasteiger partial charge on any atom is -0.404 e. The summed E-state index contributed by atoms with van der Waals surface area (Å²) in [5.41, 5.74) is 9.89. The standard InChI is InChI=1S/C22H23N5OS/c1-15-20(29-22(25-15)26-9-5-6-10-26)21(28)27-13-16-7-3-4-8-18(16)19(14-27)17(11-23)12-24-2/h3-12,19H,13-14,23H2,1-2H3. The summed E-state index contributed by atoms with van der Waals surface area (Å²) >= 11 is 1.42. The molecule has 0 saturated carbocycles. The van der Waals surface area contributed by atoms with Crippen LogP contribution in [0, 0.1) is 6.92 Å². The minimum atomic E-state index is -0.00486. The lowest BCUT2D eigenvalue weighted by Gasteiger charge is -2.35. The first-order chi connectivity index (χ1) is 14.1. The molecule has 1 unspecified atom stereocenters. The number of thiazole rings is 1. The highest BCUT2D eigenvalue weighted by Crippen LogP contribution is 2.34. The van der Waals surface area contributed by atoms with Crippen molar-refractivity contribution in [3.05, 3.63) is 82.3 Å². The smallest absolute Gasteiger partial charge is 0.266 e. The van der Waals surface area contributed by atoms with Crippen LogP contribution in [0.5, 0.6) is 0 Å². The molecule has 1 aliphatic rings. The summed E-state index contributed by atoms with van der Waals surface area (Å²) in [4.78, 5) is 24.7. The van der Waals surface area contributed by atoms with Gasteiger partial charge in [-0.2, -0.15) is 0 Å². The molecule has 0 radical (unpaired) electrons. The first-order valence-electron chi connectivity index (χ1n) is 9.44. The maximum absolute atomic E-state index is 13.4. The van der Waals surface area contributed by atoms with Gasteiger partial charge in [-0.05, 0) is 42.0 Å². The van der Waals surface area contributed by atoms with Gasteiger partial charge in [0.1, 0.15) is 4.88 Å². The molecule has 0 fully saturated rings. The molecule has 148 valence electrons. The molecular weight excluding hydrogens is 382 g/mol. The van der Waals surface area contributed by atoms with Gasteiger partial charge in [-0.25, -0.2) is 4.98 Å². The third-order valence-electron chi connectivity index (χ3n) is 5.16. The molecule has 2 aromatic heterocycles. The Balaban J connectivity index is 1.68. The Morgan fingerprint density at radius 1 is 1.28 bits per heavy atom. The molecule has 3 heterocycles. The zero-order valence-electron chi connectivity index (χ0n) is 16.4. The maximum atomic E-state index is 13.4. The molecule has 7 heteroatoms. The normalized spacial score (nSPS) is 17.0. The van der Waals surface area contributed by atoms with Crippen molar-refractivity contribution in [1.82, 2.24) is 14.5 Å². The molecule has 29 heavy (non-hydrogen) atoms. The average molecular weight is 406 g/mol. The van der Waals surface area contributed by atoms with Gasteiger partial charge in [0.2, 0.25) is 0 Å². The van der Waals surface area contributed by atoms with E-state index in [0.717, 1.165) is 22.0 Å². The highest BCUT2D eigenvalue weighted by Gasteiger charge is 2.31. The lowest BCUT2D eigenvalue weighted by Crippen LogP contribution is -2.39. The second kappa shape index (κ2) is 8.05. The van der Waals surface area contributed by atoms with Crippen molar-refractivity contribution in [1.29, 1.82) is 0 Å². The zero-order chi connectivity index (χ0) is 20.4. The molecule has 0 spiro atoms. The fraction of sp³-hybridized carbons (Fsp3) is 0.227. The number of nitrogens with zero attached hydrogens (tertiary/aromatic N) is 4. The van der Waals surface area contributed by atoms with E-state index < -0.39 is 0 Å². The van der Waals surface area contributed by atoms with E-state index in [4.69, 9.17) is 5.73 Å². The highest BCUT2D eigenvalue weighted by atomic mass is 32.1. The molecule has 2 N–H and O–H groups in total. The molecule has 0 saturated heterocycles. The van der Waals surface area contributed by atoms with Crippen molar-refractivity contribution >= 4 is 23.5 Å². The number of aromatic nitrogens is 2. The quantitative estimate of drug-likeness (QED) is 0.675. The van der Waals surface area contributed by atoms with E-state index in [1.165, 1.54) is 16.9 Å². The molecule has 3 aromatic rings. The summed E-state index contributed by atoms with van der Waals surface area (Å²) in [5.74, 6) is -0.00235. The van der Waals surface area contributed by atoms with Crippen LogP contribution >= 0.6 is 11.3 Å². The monoisotopic (exact) mass is 405 g/mol. The number of amides is 1. The Kier molecular flexibility index (Phi) is 5.31. The van der Waals surface area contributed by atoms with E-state index >= 15 is 0 Å². The van der Waals surface area contributed by atoms with Gasteiger partial charge in [-0.15, -0.1) is 0 Å². The Hall–Kier alpha value is -3.19. The predicted molar refractivity (Wildman–Crippen MR) is 117 cm³/mol. The number of hydrogen-bond donors (Lipinski definition) is 1. The van der Waals surface area contributed by atoms with Gasteiger partial charge in [-0.1, -0.05) is 35.6 Å². The largest absolute Gasteiger partial charge is 0.404 e. The van der Waals surface area contributed by atoms with Gasteiger partial charge in [0.15, 0.2) is 5.13 Å². The fourth-order valence-corrected chi connectivity index (χ4v) is 4.74. The van der Waals surface area contributed by atoms with Crippen molar-refractivity contribution in [3.8, 4) is 5.13 Å². The van der Waals surface area contributed by atoms with Crippen molar-refractivity contribution in [2.45, 2.75) is 19.4 Å². The number of aliphatic imine (C=N–C) groups is 1. The van der Waals surface area contributed by atoms with Gasteiger partial charge < -0.3 is 15.2 Å². The van der Waals surface area contributed by atoms with Crippen molar-refractivity contribution in [2.75, 3.05) is 13.6 Å². The van der Waals surface area contributed by atoms with E-state index in [9.17, 15) is 4.79 Å². The van der Waals surface area contributed by atoms with Crippen LogP contribution < -0.4 is 5.73 Å². The van der Waals surface area contributed by atoms with E-state index in [1.807, 2.05) is 53.0 Å². The van der Waals surface area contributed by atoms with Gasteiger partial charge in [-0.3, -0.25) is 9.79 Å². The number of fused-ring (bicyclic) bond motifs is 1. The number of rotatable bonds is 4. The molecule has 1 amide bonds. The third-order valence-corrected chi connectivity index (χ3v) is 6.32. The lowest BCUT2D eigenvalue weighted by molar-refractivity contribution is 0.0729. The summed E-state index contributed by atoms with van der Waals surface area (Å²) in [6.45, 7) is 3.02. The Labute approximate surface area is 174 Å². The molecule has 0 aliphatic carbocycles. The van der Waals surface area contributed by atoms with Crippen molar-refractivity contribution in [2.24, 2.45) is 10.7 Å². The maximum Gasteiger partial charge on any atom is 0.266 e. The van der Waals surface area contributed by atoms with Crippen molar-refractivity contribution < 1.29 is 4.79 Å². The van der Waals surface area contributed by atoms with E-state index in [2.05, 4.69) is 22.1 Å². The molecule has 4 rings (SSSR count). The molecule has 6 nitrogen and oxygen atoms in total. The van der Waals surface area contributed by atoms with Crippen LogP contribution in [0.1, 0.15) is 32.4 Å². The van der Waals surface area contributed by atoms with Crippen LogP contribution in [0.4, 0.5) is 0 Å². The van der Waals surface area contributed by atoms with Gasteiger partial charge in [0.05, 0.1) is 5.69 Å². The number of hydrogen-bond acceptors (Lipinski definition) is 5. The number of nitrogens with two attached hydrogens (primary N) is 1. The molecule has 1 aliphatic heterocycles. The third kappa shape index (κ3) is 3.61. The summed E-state index contributed by atoms with van der Waals surface area (Å²) < 4.78 is 1.93. The molecular formula is C22H23N5OS. The second-order valence-electron chi connectivity index (χ2n) is 6.99. The highest BCUT2D eigenvalue weighted by molar-refractivity contribution is 7.16. The first kappa shape index (κ1) is 19.1. The minimum absolute atomic E-state index is 0.00252. The van der Waals surface area contributed by atoms with Crippen LogP contribution in [0.3, 0.4) is 0 Å². The average Bonchev–Trinajstić information content (AvgIpc) is 3.40. The summed E-state index contributed by atoms with van der Waals surface area (Å²) in [6, 6.07) is 12.1. The SMILES string of the molecule is CN=CC(=CN)C1CN(C(=O)c2sc(-n3cccc3)nc2C)Cc2ccccc21. The predicted octanol–water partition coefficient (Wildman–Crippen LogP) is 3.53. The van der Waals surface area contributed by atoms with Crippen LogP contribution in [0.15, 0.2) is 65.6 Å². The molecule has 0 bridgehead atoms. The van der Waals surface area contributed by atoms with Gasteiger partial charge in [0, 0.05) is 44.7 Å². The Morgan fingerprint density at radius 2 is 2.03 bits per heavy atom. The van der Waals surface area contributed by atoms with E-state index in [-0.39, 0.29) is 11.8 Å². The van der Waals surface area contributed by atoms with Crippen LogP contribution in [-0.4, -0.2) is 40.2 Å². The number of benzene rings is 1. The second-order valence-corrected chi connectivity index (χ2v) is 7.97. The van der Waals surface area contributed by atoms with Gasteiger partial charge >= 0.3 is 0 Å². The van der Waals surface area contributed by atoms with Crippen molar-refractivity contribution in [3.63, 3.8) is 0 Å². The number of aryl methyl sites for hydroxylation is 1. The van der Waals surface area contributed by atoms with Crippen LogP contribution in [0.25, 0.3) is 5.13 Å². The van der Waals surface area contributed by atoms with E-state index in [1.54, 1.807) is 19.5 Å². The zero-order valence-corrected chi connectivity index (χ0v) is 17.3. The van der Waals surface area contributed by atoms with Crippen LogP contribution in [0.2, 0.25) is 0 Å². The summed E-state index contributed by atoms with van der Waals surface area (Å²) in [5, 5.41) is 0.797. The summed E-state index contributed by atoms with van der Waals surface area (Å²) in [7, 11) is 1.73. The Bertz CT molecular complexity index is 1080. The number of carbonyl (C=O) groups excluding carboxylic acids is 1.